The number of aliphatic hydroxyl groups is 1. The number of rotatable bonds is 3. The first kappa shape index (κ1) is 10.1. The van der Waals surface area contributed by atoms with Gasteiger partial charge in [-0.15, -0.1) is 11.3 Å². The summed E-state index contributed by atoms with van der Waals surface area (Å²) < 4.78 is 0. The summed E-state index contributed by atoms with van der Waals surface area (Å²) in [5.74, 6) is 0.221. The van der Waals surface area contributed by atoms with Crippen LogP contribution in [0.5, 0.6) is 5.75 Å². The molecule has 0 saturated carbocycles. The van der Waals surface area contributed by atoms with Gasteiger partial charge in [-0.2, -0.15) is 0 Å². The normalized spacial score (nSPS) is 12.6. The lowest BCUT2D eigenvalue weighted by Gasteiger charge is -2.07. The third kappa shape index (κ3) is 2.55. The Bertz CT molecular complexity index is 428. The first-order valence-electron chi connectivity index (χ1n) is 4.61. The van der Waals surface area contributed by atoms with E-state index < -0.39 is 6.10 Å². The maximum absolute atomic E-state index is 9.82. The molecule has 15 heavy (non-hydrogen) atoms. The van der Waals surface area contributed by atoms with Crippen molar-refractivity contribution in [2.75, 3.05) is 0 Å². The van der Waals surface area contributed by atoms with Crippen LogP contribution >= 0.6 is 11.3 Å². The van der Waals surface area contributed by atoms with Crippen LogP contribution in [0.25, 0.3) is 0 Å². The SMILES string of the molecule is Oc1cccc(CC(O)c2nccs2)c1. The minimum atomic E-state index is -0.591. The molecule has 78 valence electrons. The Morgan fingerprint density at radius 2 is 2.27 bits per heavy atom. The minimum absolute atomic E-state index is 0.221. The average Bonchev–Trinajstić information content (AvgIpc) is 2.70. The van der Waals surface area contributed by atoms with E-state index in [4.69, 9.17) is 0 Å². The highest BCUT2D eigenvalue weighted by Gasteiger charge is 2.10. The zero-order valence-corrected chi connectivity index (χ0v) is 8.81. The van der Waals surface area contributed by atoms with Gasteiger partial charge in [0.1, 0.15) is 16.9 Å². The molecule has 2 N–H and O–H groups in total. The van der Waals surface area contributed by atoms with Gasteiger partial charge >= 0.3 is 0 Å². The smallest absolute Gasteiger partial charge is 0.121 e. The summed E-state index contributed by atoms with van der Waals surface area (Å²) in [6.07, 6.45) is 1.56. The molecule has 0 aliphatic heterocycles. The van der Waals surface area contributed by atoms with Gasteiger partial charge in [-0.05, 0) is 17.7 Å². The molecule has 0 saturated heterocycles. The molecule has 0 aliphatic rings. The number of aromatic hydroxyl groups is 1. The predicted molar refractivity (Wildman–Crippen MR) is 58.9 cm³/mol. The van der Waals surface area contributed by atoms with Crippen molar-refractivity contribution in [3.63, 3.8) is 0 Å². The summed E-state index contributed by atoms with van der Waals surface area (Å²) in [4.78, 5) is 4.04. The van der Waals surface area contributed by atoms with Crippen molar-refractivity contribution in [1.29, 1.82) is 0 Å². The van der Waals surface area contributed by atoms with E-state index in [1.165, 1.54) is 11.3 Å². The quantitative estimate of drug-likeness (QED) is 0.834. The summed E-state index contributed by atoms with van der Waals surface area (Å²) in [7, 11) is 0. The lowest BCUT2D eigenvalue weighted by atomic mass is 10.1. The van der Waals surface area contributed by atoms with Crippen LogP contribution in [0.2, 0.25) is 0 Å². The second kappa shape index (κ2) is 4.42. The van der Waals surface area contributed by atoms with Crippen molar-refractivity contribution in [1.82, 2.24) is 4.98 Å². The van der Waals surface area contributed by atoms with Crippen LogP contribution in [0.15, 0.2) is 35.8 Å². The lowest BCUT2D eigenvalue weighted by Crippen LogP contribution is -2.00. The molecule has 0 amide bonds. The summed E-state index contributed by atoms with van der Waals surface area (Å²) in [6, 6.07) is 6.89. The third-order valence-electron chi connectivity index (χ3n) is 2.08. The first-order chi connectivity index (χ1) is 7.25. The van der Waals surface area contributed by atoms with Gasteiger partial charge in [0.25, 0.3) is 0 Å². The first-order valence-corrected chi connectivity index (χ1v) is 5.49. The minimum Gasteiger partial charge on any atom is -0.508 e. The number of phenols is 1. The Hall–Kier alpha value is -1.39. The zero-order valence-electron chi connectivity index (χ0n) is 8.00. The van der Waals surface area contributed by atoms with Gasteiger partial charge in [0.15, 0.2) is 0 Å². The number of thiazole rings is 1. The second-order valence-corrected chi connectivity index (χ2v) is 4.19. The molecule has 1 unspecified atom stereocenters. The fourth-order valence-corrected chi connectivity index (χ4v) is 2.02. The number of phenolic OH excluding ortho intramolecular Hbond substituents is 1. The van der Waals surface area contributed by atoms with E-state index in [1.807, 2.05) is 11.4 Å². The largest absolute Gasteiger partial charge is 0.508 e. The molecular weight excluding hydrogens is 210 g/mol. The molecule has 1 heterocycles. The maximum atomic E-state index is 9.82. The number of hydrogen-bond donors (Lipinski definition) is 2. The fraction of sp³-hybridized carbons (Fsp3) is 0.182. The molecule has 0 fully saturated rings. The van der Waals surface area contributed by atoms with E-state index in [1.54, 1.807) is 24.4 Å². The van der Waals surface area contributed by atoms with Crippen molar-refractivity contribution in [3.8, 4) is 5.75 Å². The Balaban J connectivity index is 2.09. The van der Waals surface area contributed by atoms with E-state index in [0.29, 0.717) is 11.4 Å². The van der Waals surface area contributed by atoms with Gasteiger partial charge in [0.05, 0.1) is 0 Å². The summed E-state index contributed by atoms with van der Waals surface area (Å²) in [5.41, 5.74) is 0.901. The van der Waals surface area contributed by atoms with Gasteiger partial charge in [0.2, 0.25) is 0 Å². The maximum Gasteiger partial charge on any atom is 0.121 e. The van der Waals surface area contributed by atoms with E-state index in [-0.39, 0.29) is 5.75 Å². The van der Waals surface area contributed by atoms with Crippen molar-refractivity contribution in [3.05, 3.63) is 46.4 Å². The summed E-state index contributed by atoms with van der Waals surface area (Å²) in [5, 5.41) is 21.6. The van der Waals surface area contributed by atoms with Gasteiger partial charge in [-0.25, -0.2) is 4.98 Å². The highest BCUT2D eigenvalue weighted by molar-refractivity contribution is 7.09. The molecule has 2 rings (SSSR count). The van der Waals surface area contributed by atoms with Crippen LogP contribution in [0.3, 0.4) is 0 Å². The van der Waals surface area contributed by atoms with E-state index in [0.717, 1.165) is 5.56 Å². The van der Waals surface area contributed by atoms with E-state index in [9.17, 15) is 10.2 Å². The number of hydrogen-bond acceptors (Lipinski definition) is 4. The Morgan fingerprint density at radius 3 is 2.93 bits per heavy atom. The van der Waals surface area contributed by atoms with E-state index >= 15 is 0 Å². The molecule has 0 radical (unpaired) electrons. The van der Waals surface area contributed by atoms with Crippen LogP contribution in [0, 0.1) is 0 Å². The molecule has 3 nitrogen and oxygen atoms in total. The van der Waals surface area contributed by atoms with Crippen molar-refractivity contribution in [2.45, 2.75) is 12.5 Å². The Labute approximate surface area is 91.7 Å². The molecule has 0 bridgehead atoms. The predicted octanol–water partition coefficient (Wildman–Crippen LogP) is 2.12. The van der Waals surface area contributed by atoms with Crippen LogP contribution in [0.4, 0.5) is 0 Å². The van der Waals surface area contributed by atoms with Crippen LogP contribution in [0.1, 0.15) is 16.7 Å². The number of aromatic nitrogens is 1. The van der Waals surface area contributed by atoms with Gasteiger partial charge < -0.3 is 10.2 Å². The molecule has 2 aromatic rings. The molecule has 0 aliphatic carbocycles. The Morgan fingerprint density at radius 1 is 1.40 bits per heavy atom. The molecule has 1 atom stereocenters. The topological polar surface area (TPSA) is 53.4 Å². The van der Waals surface area contributed by atoms with Crippen molar-refractivity contribution in [2.24, 2.45) is 0 Å². The fourth-order valence-electron chi connectivity index (χ4n) is 1.39. The second-order valence-electron chi connectivity index (χ2n) is 3.26. The van der Waals surface area contributed by atoms with Gasteiger partial charge in [0, 0.05) is 18.0 Å². The summed E-state index contributed by atoms with van der Waals surface area (Å²) in [6.45, 7) is 0. The molecule has 1 aromatic carbocycles. The average molecular weight is 221 g/mol. The van der Waals surface area contributed by atoms with Crippen molar-refractivity contribution >= 4 is 11.3 Å². The van der Waals surface area contributed by atoms with E-state index in [2.05, 4.69) is 4.98 Å². The molecule has 1 aromatic heterocycles. The Kier molecular flexibility index (Phi) is 2.99. The highest BCUT2D eigenvalue weighted by atomic mass is 32.1. The number of nitrogens with zero attached hydrogens (tertiary/aromatic N) is 1. The molecule has 0 spiro atoms. The molecule has 4 heteroatoms. The summed E-state index contributed by atoms with van der Waals surface area (Å²) >= 11 is 1.43. The lowest BCUT2D eigenvalue weighted by molar-refractivity contribution is 0.178. The monoisotopic (exact) mass is 221 g/mol. The molecular formula is C11H11NO2S. The van der Waals surface area contributed by atoms with Crippen molar-refractivity contribution < 1.29 is 10.2 Å². The third-order valence-corrected chi connectivity index (χ3v) is 2.95. The van der Waals surface area contributed by atoms with Crippen LogP contribution < -0.4 is 0 Å². The highest BCUT2D eigenvalue weighted by Crippen LogP contribution is 2.21. The van der Waals surface area contributed by atoms with Crippen LogP contribution in [-0.4, -0.2) is 15.2 Å². The number of benzene rings is 1. The van der Waals surface area contributed by atoms with Crippen LogP contribution in [-0.2, 0) is 6.42 Å². The standard InChI is InChI=1S/C11H11NO2S/c13-9-3-1-2-8(6-9)7-10(14)11-12-4-5-15-11/h1-6,10,13-14H,7H2. The number of aliphatic hydroxyl groups excluding tert-OH is 1. The van der Waals surface area contributed by atoms with Gasteiger partial charge in [-0.3, -0.25) is 0 Å². The van der Waals surface area contributed by atoms with Gasteiger partial charge in [-0.1, -0.05) is 12.1 Å². The zero-order chi connectivity index (χ0) is 10.7.